The van der Waals surface area contributed by atoms with Gasteiger partial charge < -0.3 is 10.1 Å². The average Bonchev–Trinajstić information content (AvgIpc) is 3.34. The third kappa shape index (κ3) is 3.22. The van der Waals surface area contributed by atoms with E-state index < -0.39 is 17.7 Å². The van der Waals surface area contributed by atoms with Crippen molar-refractivity contribution in [1.82, 2.24) is 9.97 Å². The molecule has 1 fully saturated rings. The molecule has 1 saturated heterocycles. The summed E-state index contributed by atoms with van der Waals surface area (Å²) < 4.78 is 0.886. The Bertz CT molecular complexity index is 1380. The molecule has 1 aromatic heterocycles. The molecule has 0 radical (unpaired) electrons. The first-order valence-electron chi connectivity index (χ1n) is 10.0. The smallest absolute Gasteiger partial charge is 0.302 e. The van der Waals surface area contributed by atoms with Crippen LogP contribution in [0.3, 0.4) is 0 Å². The van der Waals surface area contributed by atoms with Crippen LogP contribution < -0.4 is 4.90 Å². The van der Waals surface area contributed by atoms with Crippen LogP contribution in [0.4, 0.5) is 5.95 Å². The zero-order chi connectivity index (χ0) is 22.4. The number of para-hydroxylation sites is 2. The van der Waals surface area contributed by atoms with Crippen molar-refractivity contribution >= 4 is 50.4 Å². The minimum absolute atomic E-state index is 0.0309. The fourth-order valence-corrected chi connectivity index (χ4v) is 4.25. The lowest BCUT2D eigenvalue weighted by molar-refractivity contribution is -0.132. The number of nitrogens with zero attached hydrogens (tertiary/aromatic N) is 2. The zero-order valence-corrected chi connectivity index (χ0v) is 18.6. The molecular formula is C25H18BrN3O3. The summed E-state index contributed by atoms with van der Waals surface area (Å²) in [5.41, 5.74) is 3.52. The molecular weight excluding hydrogens is 470 g/mol. The first kappa shape index (κ1) is 20.2. The van der Waals surface area contributed by atoms with Gasteiger partial charge in [-0.2, -0.15) is 0 Å². The second kappa shape index (κ2) is 7.76. The van der Waals surface area contributed by atoms with Gasteiger partial charge in [0.15, 0.2) is 0 Å². The van der Waals surface area contributed by atoms with Crippen molar-refractivity contribution in [2.24, 2.45) is 0 Å². The molecule has 4 aromatic rings. The quantitative estimate of drug-likeness (QED) is 0.234. The van der Waals surface area contributed by atoms with Crippen molar-refractivity contribution in [2.45, 2.75) is 13.0 Å². The number of fused-ring (bicyclic) bond motifs is 1. The fraction of sp³-hybridized carbons (Fsp3) is 0.0800. The number of hydrogen-bond acceptors (Lipinski definition) is 4. The Balaban J connectivity index is 1.73. The van der Waals surface area contributed by atoms with E-state index in [2.05, 4.69) is 25.9 Å². The van der Waals surface area contributed by atoms with Crippen LogP contribution in [0.25, 0.3) is 16.8 Å². The van der Waals surface area contributed by atoms with Gasteiger partial charge in [-0.05, 0) is 42.3 Å². The third-order valence-corrected chi connectivity index (χ3v) is 6.49. The molecule has 7 heteroatoms. The molecule has 0 aliphatic carbocycles. The maximum absolute atomic E-state index is 13.2. The number of ketones is 1. The van der Waals surface area contributed by atoms with E-state index >= 15 is 0 Å². The van der Waals surface area contributed by atoms with Crippen molar-refractivity contribution in [3.63, 3.8) is 0 Å². The average molecular weight is 488 g/mol. The number of imidazole rings is 1. The van der Waals surface area contributed by atoms with E-state index in [0.29, 0.717) is 16.6 Å². The monoisotopic (exact) mass is 487 g/mol. The normalized spacial score (nSPS) is 17.9. The van der Waals surface area contributed by atoms with Gasteiger partial charge in [0.05, 0.1) is 22.6 Å². The van der Waals surface area contributed by atoms with Crippen molar-refractivity contribution in [3.05, 3.63) is 99.5 Å². The highest BCUT2D eigenvalue weighted by Gasteiger charge is 2.48. The molecule has 1 aliphatic rings. The number of rotatable bonds is 3. The largest absolute Gasteiger partial charge is 0.507 e. The number of hydrogen-bond donors (Lipinski definition) is 2. The molecule has 6 nitrogen and oxygen atoms in total. The van der Waals surface area contributed by atoms with Gasteiger partial charge in [0.2, 0.25) is 5.95 Å². The van der Waals surface area contributed by atoms with Gasteiger partial charge >= 0.3 is 5.91 Å². The summed E-state index contributed by atoms with van der Waals surface area (Å²) in [4.78, 5) is 35.4. The van der Waals surface area contributed by atoms with Crippen molar-refractivity contribution in [3.8, 4) is 0 Å². The van der Waals surface area contributed by atoms with E-state index in [1.165, 1.54) is 4.90 Å². The number of benzene rings is 3. The predicted molar refractivity (Wildman–Crippen MR) is 126 cm³/mol. The number of aliphatic hydroxyl groups excluding tert-OH is 1. The fourth-order valence-electron chi connectivity index (χ4n) is 4.00. The summed E-state index contributed by atoms with van der Waals surface area (Å²) in [7, 11) is 0. The lowest BCUT2D eigenvalue weighted by Crippen LogP contribution is -2.30. The number of anilines is 1. The molecule has 0 bridgehead atoms. The van der Waals surface area contributed by atoms with Crippen LogP contribution in [0.2, 0.25) is 0 Å². The molecule has 1 aliphatic heterocycles. The number of aromatic nitrogens is 2. The van der Waals surface area contributed by atoms with Gasteiger partial charge in [0.25, 0.3) is 5.78 Å². The minimum atomic E-state index is -0.819. The Labute approximate surface area is 192 Å². The van der Waals surface area contributed by atoms with Crippen molar-refractivity contribution in [1.29, 1.82) is 0 Å². The Morgan fingerprint density at radius 2 is 1.75 bits per heavy atom. The highest BCUT2D eigenvalue weighted by Crippen LogP contribution is 2.41. The number of carbonyl (C=O) groups is 2. The van der Waals surface area contributed by atoms with Crippen LogP contribution in [0, 0.1) is 6.92 Å². The maximum atomic E-state index is 13.2. The second-order valence-electron chi connectivity index (χ2n) is 7.62. The topological polar surface area (TPSA) is 86.3 Å². The van der Waals surface area contributed by atoms with Gasteiger partial charge in [-0.1, -0.05) is 64.5 Å². The van der Waals surface area contributed by atoms with E-state index in [0.717, 1.165) is 15.6 Å². The Hall–Kier alpha value is -3.71. The SMILES string of the molecule is Cc1cc(/C(O)=C2\C(=O)C(=O)N(c3nc4ccccc4[nH]3)C2c2ccccc2)ccc1Br. The summed E-state index contributed by atoms with van der Waals surface area (Å²) >= 11 is 3.45. The summed E-state index contributed by atoms with van der Waals surface area (Å²) in [6.45, 7) is 1.89. The first-order chi connectivity index (χ1) is 15.5. The molecule has 0 saturated carbocycles. The number of Topliss-reactive ketones (excluding diaryl/α,β-unsaturated/α-hetero) is 1. The van der Waals surface area contributed by atoms with Gasteiger partial charge in [0.1, 0.15) is 5.76 Å². The maximum Gasteiger partial charge on any atom is 0.302 e. The van der Waals surface area contributed by atoms with Gasteiger partial charge in [0, 0.05) is 10.0 Å². The number of carbonyl (C=O) groups excluding carboxylic acids is 2. The summed E-state index contributed by atoms with van der Waals surface area (Å²) in [6.07, 6.45) is 0. The van der Waals surface area contributed by atoms with E-state index in [-0.39, 0.29) is 17.3 Å². The number of amides is 1. The molecule has 1 atom stereocenters. The molecule has 0 spiro atoms. The molecule has 2 N–H and O–H groups in total. The molecule has 158 valence electrons. The Morgan fingerprint density at radius 3 is 2.47 bits per heavy atom. The number of aryl methyl sites for hydroxylation is 1. The number of nitrogens with one attached hydrogen (secondary N) is 1. The Kier molecular flexibility index (Phi) is 4.90. The standard InChI is InChI=1S/C25H18BrN3O3/c1-14-13-16(11-12-17(14)26)22(30)20-21(15-7-3-2-4-8-15)29(24(32)23(20)31)25-27-18-9-5-6-10-19(18)28-25/h2-13,21,30H,1H3,(H,27,28)/b22-20+. The van der Waals surface area contributed by atoms with E-state index in [1.807, 2.05) is 61.5 Å². The number of halogens is 1. The second-order valence-corrected chi connectivity index (χ2v) is 8.48. The van der Waals surface area contributed by atoms with Gasteiger partial charge in [-0.3, -0.25) is 14.5 Å². The molecule has 2 heterocycles. The molecule has 1 unspecified atom stereocenters. The highest BCUT2D eigenvalue weighted by molar-refractivity contribution is 9.10. The van der Waals surface area contributed by atoms with E-state index in [9.17, 15) is 14.7 Å². The highest BCUT2D eigenvalue weighted by atomic mass is 79.9. The third-order valence-electron chi connectivity index (χ3n) is 5.60. The van der Waals surface area contributed by atoms with Crippen molar-refractivity contribution < 1.29 is 14.7 Å². The van der Waals surface area contributed by atoms with Crippen LogP contribution in [-0.4, -0.2) is 26.8 Å². The van der Waals surface area contributed by atoms with Gasteiger partial charge in [-0.15, -0.1) is 0 Å². The number of H-pyrrole nitrogens is 1. The lowest BCUT2D eigenvalue weighted by Gasteiger charge is -2.23. The van der Waals surface area contributed by atoms with Gasteiger partial charge in [-0.25, -0.2) is 4.98 Å². The summed E-state index contributed by atoms with van der Waals surface area (Å²) in [5.74, 6) is -1.45. The zero-order valence-electron chi connectivity index (χ0n) is 17.0. The van der Waals surface area contributed by atoms with Crippen LogP contribution in [0.15, 0.2) is 82.8 Å². The number of aliphatic hydroxyl groups is 1. The Morgan fingerprint density at radius 1 is 1.03 bits per heavy atom. The molecule has 3 aromatic carbocycles. The molecule has 5 rings (SSSR count). The minimum Gasteiger partial charge on any atom is -0.507 e. The van der Waals surface area contributed by atoms with Crippen LogP contribution >= 0.6 is 15.9 Å². The molecule has 32 heavy (non-hydrogen) atoms. The van der Waals surface area contributed by atoms with Crippen LogP contribution in [0.1, 0.15) is 22.7 Å². The predicted octanol–water partition coefficient (Wildman–Crippen LogP) is 5.26. The van der Waals surface area contributed by atoms with E-state index in [1.54, 1.807) is 18.2 Å². The lowest BCUT2D eigenvalue weighted by atomic mass is 9.95. The first-order valence-corrected chi connectivity index (χ1v) is 10.8. The molecule has 1 amide bonds. The van der Waals surface area contributed by atoms with Crippen LogP contribution in [0.5, 0.6) is 0 Å². The number of aromatic amines is 1. The summed E-state index contributed by atoms with van der Waals surface area (Å²) in [6, 6.07) is 21.0. The van der Waals surface area contributed by atoms with E-state index in [4.69, 9.17) is 0 Å². The summed E-state index contributed by atoms with van der Waals surface area (Å²) in [5, 5.41) is 11.2. The van der Waals surface area contributed by atoms with Crippen molar-refractivity contribution in [2.75, 3.05) is 4.90 Å². The van der Waals surface area contributed by atoms with Crippen LogP contribution in [-0.2, 0) is 9.59 Å².